The third kappa shape index (κ3) is 3.78. The van der Waals surface area contributed by atoms with Crippen molar-refractivity contribution in [3.63, 3.8) is 0 Å². The van der Waals surface area contributed by atoms with Crippen LogP contribution in [0.15, 0.2) is 29.6 Å². The van der Waals surface area contributed by atoms with Crippen LogP contribution in [0.2, 0.25) is 0 Å². The Balaban J connectivity index is 1.68. The quantitative estimate of drug-likeness (QED) is 0.233. The minimum Gasteiger partial charge on any atom is -0.493 e. The molecule has 0 aliphatic carbocycles. The highest BCUT2D eigenvalue weighted by atomic mass is 16.6. The molecule has 4 atom stereocenters. The van der Waals surface area contributed by atoms with Crippen LogP contribution in [0, 0.1) is 0 Å². The highest BCUT2D eigenvalue weighted by molar-refractivity contribution is 5.85. The SMILES string of the molecule is COc1ccc(C=NNc2nc3c(N)ncnc3n2[C@H]2O[C@@H](CO)[C@H](O)[C@@H]2O)cc1OC. The normalized spacial score (nSPS) is 23.2. The average molecular weight is 445 g/mol. The summed E-state index contributed by atoms with van der Waals surface area (Å²) in [5.74, 6) is 1.38. The van der Waals surface area contributed by atoms with Gasteiger partial charge in [0, 0.05) is 0 Å². The summed E-state index contributed by atoms with van der Waals surface area (Å²) < 4.78 is 17.5. The average Bonchev–Trinajstić information content (AvgIpc) is 3.31. The third-order valence-electron chi connectivity index (χ3n) is 5.06. The summed E-state index contributed by atoms with van der Waals surface area (Å²) >= 11 is 0. The summed E-state index contributed by atoms with van der Waals surface area (Å²) in [5, 5.41) is 34.3. The van der Waals surface area contributed by atoms with Gasteiger partial charge in [-0.2, -0.15) is 5.10 Å². The minimum absolute atomic E-state index is 0.118. The van der Waals surface area contributed by atoms with E-state index in [-0.39, 0.29) is 22.9 Å². The number of imidazole rings is 1. The molecule has 0 amide bonds. The Kier molecular flexibility index (Phi) is 6.05. The number of aliphatic hydroxyl groups excluding tert-OH is 3. The lowest BCUT2D eigenvalue weighted by Gasteiger charge is -2.18. The summed E-state index contributed by atoms with van der Waals surface area (Å²) in [5.41, 5.74) is 9.93. The van der Waals surface area contributed by atoms with E-state index in [1.165, 1.54) is 24.2 Å². The van der Waals surface area contributed by atoms with E-state index in [2.05, 4.69) is 25.5 Å². The van der Waals surface area contributed by atoms with Gasteiger partial charge in [-0.1, -0.05) is 0 Å². The van der Waals surface area contributed by atoms with Crippen LogP contribution in [0.5, 0.6) is 11.5 Å². The first kappa shape index (κ1) is 21.7. The van der Waals surface area contributed by atoms with Crippen LogP contribution in [-0.4, -0.2) is 80.2 Å². The van der Waals surface area contributed by atoms with Gasteiger partial charge >= 0.3 is 0 Å². The second-order valence-electron chi connectivity index (χ2n) is 6.95. The minimum atomic E-state index is -1.35. The third-order valence-corrected chi connectivity index (χ3v) is 5.06. The number of aliphatic hydroxyl groups is 3. The van der Waals surface area contributed by atoms with Gasteiger partial charge in [-0.15, -0.1) is 0 Å². The molecule has 13 nitrogen and oxygen atoms in total. The molecule has 1 saturated heterocycles. The van der Waals surface area contributed by atoms with E-state index in [0.29, 0.717) is 17.1 Å². The zero-order valence-electron chi connectivity index (χ0n) is 17.3. The molecule has 3 aromatic rings. The smallest absolute Gasteiger partial charge is 0.228 e. The second-order valence-corrected chi connectivity index (χ2v) is 6.95. The van der Waals surface area contributed by atoms with Crippen LogP contribution < -0.4 is 20.6 Å². The van der Waals surface area contributed by atoms with Crippen molar-refractivity contribution in [3.8, 4) is 11.5 Å². The molecule has 0 radical (unpaired) electrons. The Morgan fingerprint density at radius 3 is 2.69 bits per heavy atom. The van der Waals surface area contributed by atoms with Gasteiger partial charge in [-0.3, -0.25) is 4.57 Å². The summed E-state index contributed by atoms with van der Waals surface area (Å²) in [6.45, 7) is -0.474. The van der Waals surface area contributed by atoms with Crippen LogP contribution in [0.4, 0.5) is 11.8 Å². The molecule has 4 rings (SSSR count). The summed E-state index contributed by atoms with van der Waals surface area (Å²) in [7, 11) is 3.08. The molecular weight excluding hydrogens is 422 g/mol. The maximum absolute atomic E-state index is 10.5. The van der Waals surface area contributed by atoms with Crippen molar-refractivity contribution in [3.05, 3.63) is 30.1 Å². The van der Waals surface area contributed by atoms with E-state index in [1.54, 1.807) is 25.3 Å². The zero-order valence-corrected chi connectivity index (χ0v) is 17.3. The second kappa shape index (κ2) is 8.92. The van der Waals surface area contributed by atoms with Gasteiger partial charge in [0.2, 0.25) is 5.95 Å². The molecule has 3 heterocycles. The van der Waals surface area contributed by atoms with E-state index in [4.69, 9.17) is 19.9 Å². The van der Waals surface area contributed by atoms with Crippen molar-refractivity contribution in [2.45, 2.75) is 24.5 Å². The largest absolute Gasteiger partial charge is 0.493 e. The van der Waals surface area contributed by atoms with E-state index >= 15 is 0 Å². The molecular formula is C19H23N7O6. The van der Waals surface area contributed by atoms with Crippen LogP contribution in [0.3, 0.4) is 0 Å². The molecule has 1 fully saturated rings. The lowest BCUT2D eigenvalue weighted by Crippen LogP contribution is -2.33. The standard InChI is InChI=1S/C19H23N7O6/c1-30-10-4-3-9(5-11(10)31-2)6-23-25-19-24-13-16(20)21-8-22-17(13)26(19)18-15(29)14(28)12(7-27)32-18/h3-6,8,12,14-15,18,27-29H,7H2,1-2H3,(H,24,25)(H2,20,21,22)/t12-,14-,15-,18-/m0/s1. The molecule has 13 heteroatoms. The number of nitrogen functional groups attached to an aromatic ring is 1. The fourth-order valence-corrected chi connectivity index (χ4v) is 3.44. The summed E-state index contributed by atoms with van der Waals surface area (Å²) in [4.78, 5) is 12.5. The van der Waals surface area contributed by atoms with Crippen molar-refractivity contribution >= 4 is 29.1 Å². The van der Waals surface area contributed by atoms with Gasteiger partial charge in [-0.25, -0.2) is 20.4 Å². The lowest BCUT2D eigenvalue weighted by molar-refractivity contribution is -0.0501. The maximum atomic E-state index is 10.5. The number of hydrazone groups is 1. The number of aromatic nitrogens is 4. The number of hydrogen-bond acceptors (Lipinski definition) is 12. The molecule has 32 heavy (non-hydrogen) atoms. The predicted molar refractivity (Wildman–Crippen MR) is 114 cm³/mol. The molecule has 0 saturated carbocycles. The Bertz CT molecular complexity index is 1140. The zero-order chi connectivity index (χ0) is 22.8. The Hall–Kier alpha value is -3.52. The monoisotopic (exact) mass is 445 g/mol. The highest BCUT2D eigenvalue weighted by Gasteiger charge is 2.45. The van der Waals surface area contributed by atoms with Gasteiger partial charge < -0.3 is 35.3 Å². The first-order valence-electron chi connectivity index (χ1n) is 9.60. The highest BCUT2D eigenvalue weighted by Crippen LogP contribution is 2.35. The summed E-state index contributed by atoms with van der Waals surface area (Å²) in [6, 6.07) is 5.26. The molecule has 1 aliphatic rings. The number of fused-ring (bicyclic) bond motifs is 1. The van der Waals surface area contributed by atoms with Gasteiger partial charge in [0.15, 0.2) is 34.7 Å². The number of hydrogen-bond donors (Lipinski definition) is 5. The molecule has 0 bridgehead atoms. The number of nitrogens with zero attached hydrogens (tertiary/aromatic N) is 5. The number of anilines is 2. The van der Waals surface area contributed by atoms with Crippen molar-refractivity contribution in [2.24, 2.45) is 5.10 Å². The van der Waals surface area contributed by atoms with E-state index in [0.717, 1.165) is 0 Å². The molecule has 1 aromatic carbocycles. The van der Waals surface area contributed by atoms with E-state index < -0.39 is 31.1 Å². The first-order chi connectivity index (χ1) is 15.5. The Labute approximate surface area is 182 Å². The van der Waals surface area contributed by atoms with Gasteiger partial charge in [0.25, 0.3) is 0 Å². The summed E-state index contributed by atoms with van der Waals surface area (Å²) in [6.07, 6.45) is -1.96. The number of nitrogens with two attached hydrogens (primary N) is 1. The van der Waals surface area contributed by atoms with Gasteiger partial charge in [-0.05, 0) is 23.8 Å². The molecule has 1 aliphatic heterocycles. The number of methoxy groups -OCH3 is 2. The predicted octanol–water partition coefficient (Wildman–Crippen LogP) is -0.517. The topological polar surface area (TPSA) is 182 Å². The lowest BCUT2D eigenvalue weighted by atomic mass is 10.1. The van der Waals surface area contributed by atoms with Crippen molar-refractivity contribution in [1.82, 2.24) is 19.5 Å². The molecule has 2 aromatic heterocycles. The fourth-order valence-electron chi connectivity index (χ4n) is 3.44. The van der Waals surface area contributed by atoms with Crippen molar-refractivity contribution in [1.29, 1.82) is 0 Å². The van der Waals surface area contributed by atoms with Crippen LogP contribution in [-0.2, 0) is 4.74 Å². The van der Waals surface area contributed by atoms with Gasteiger partial charge in [0.1, 0.15) is 24.6 Å². The number of ether oxygens (including phenoxy) is 3. The Morgan fingerprint density at radius 1 is 1.22 bits per heavy atom. The van der Waals surface area contributed by atoms with Crippen molar-refractivity contribution < 1.29 is 29.5 Å². The molecule has 0 unspecified atom stereocenters. The first-order valence-corrected chi connectivity index (χ1v) is 9.60. The Morgan fingerprint density at radius 2 is 2.00 bits per heavy atom. The number of benzene rings is 1. The molecule has 0 spiro atoms. The van der Waals surface area contributed by atoms with Crippen LogP contribution >= 0.6 is 0 Å². The van der Waals surface area contributed by atoms with Crippen LogP contribution in [0.25, 0.3) is 11.2 Å². The van der Waals surface area contributed by atoms with Gasteiger partial charge in [0.05, 0.1) is 27.0 Å². The molecule has 6 N–H and O–H groups in total. The van der Waals surface area contributed by atoms with Crippen molar-refractivity contribution in [2.75, 3.05) is 32.0 Å². The molecule has 170 valence electrons. The van der Waals surface area contributed by atoms with E-state index in [9.17, 15) is 15.3 Å². The maximum Gasteiger partial charge on any atom is 0.228 e. The number of nitrogens with one attached hydrogen (secondary N) is 1. The van der Waals surface area contributed by atoms with Crippen LogP contribution in [0.1, 0.15) is 11.8 Å². The van der Waals surface area contributed by atoms with E-state index in [1.807, 2.05) is 0 Å². The fraction of sp³-hybridized carbons (Fsp3) is 0.368. The number of rotatable bonds is 7.